The molecule has 0 unspecified atom stereocenters. The molecule has 0 aliphatic heterocycles. The molecule has 0 saturated carbocycles. The standard InChI is InChI=1S/C11H23.CH2O3.Li/c1-3-5-7-9-11-10-8-6-4-2;2-1(3)4;/h1,3-11H2,2H3;(H2,2,3,4);. The van der Waals surface area contributed by atoms with Gasteiger partial charge in [-0.2, -0.15) is 0 Å². The van der Waals surface area contributed by atoms with Gasteiger partial charge in [0.05, 0.1) is 0 Å². The Morgan fingerprint density at radius 1 is 0.875 bits per heavy atom. The summed E-state index contributed by atoms with van der Waals surface area (Å²) in [5, 5.41) is 15.3. The molecule has 0 aliphatic rings. The third-order valence-corrected chi connectivity index (χ3v) is 2.46. The first kappa shape index (κ1) is 18.2. The summed E-state index contributed by atoms with van der Waals surface area (Å²) in [4.78, 5) is 8.56. The molecule has 0 aromatic rings. The van der Waals surface area contributed by atoms with Gasteiger partial charge in [-0.3, -0.25) is 0 Å². The normalized spacial score (nSPS) is 9.44. The van der Waals surface area contributed by atoms with Crippen LogP contribution in [0, 0.1) is 0 Å². The fourth-order valence-corrected chi connectivity index (χ4v) is 1.56. The molecular weight excluding hydrogens is 199 g/mol. The molecule has 0 saturated heterocycles. The number of rotatable bonds is 9. The van der Waals surface area contributed by atoms with Crippen molar-refractivity contribution in [2.24, 2.45) is 0 Å². The second-order valence-corrected chi connectivity index (χ2v) is 4.11. The summed E-state index contributed by atoms with van der Waals surface area (Å²) in [5.74, 6) is 0. The maximum absolute atomic E-state index is 8.56. The van der Waals surface area contributed by atoms with Crippen molar-refractivity contribution in [3.05, 3.63) is 0 Å². The van der Waals surface area contributed by atoms with E-state index < -0.39 is 6.16 Å². The van der Waals surface area contributed by atoms with Gasteiger partial charge in [0.25, 0.3) is 0 Å². The Kier molecular flexibility index (Phi) is 19.7. The summed E-state index contributed by atoms with van der Waals surface area (Å²) in [6.45, 7) is 2.28. The van der Waals surface area contributed by atoms with E-state index in [-0.39, 0.29) is 0 Å². The van der Waals surface area contributed by atoms with Gasteiger partial charge in [0.2, 0.25) is 0 Å². The van der Waals surface area contributed by atoms with Crippen LogP contribution >= 0.6 is 0 Å². The minimum atomic E-state index is -1.83. The summed E-state index contributed by atoms with van der Waals surface area (Å²) in [5.41, 5.74) is 0. The Morgan fingerprint density at radius 3 is 1.50 bits per heavy atom. The molecule has 0 radical (unpaired) electrons. The molecule has 0 heterocycles. The first-order valence-corrected chi connectivity index (χ1v) is 6.57. The van der Waals surface area contributed by atoms with Crippen LogP contribution in [0.2, 0.25) is 5.09 Å². The van der Waals surface area contributed by atoms with Crippen LogP contribution < -0.4 is 0 Å². The zero-order valence-corrected chi connectivity index (χ0v) is 10.9. The molecule has 0 atom stereocenters. The Balaban J connectivity index is 0. The van der Waals surface area contributed by atoms with Gasteiger partial charge in [-0.1, -0.05) is 0 Å². The molecule has 0 aliphatic carbocycles. The minimum absolute atomic E-state index is 1.37. The molecule has 0 aromatic carbocycles. The van der Waals surface area contributed by atoms with Gasteiger partial charge in [-0.05, 0) is 0 Å². The van der Waals surface area contributed by atoms with Gasteiger partial charge < -0.3 is 10.2 Å². The molecule has 4 heteroatoms. The van der Waals surface area contributed by atoms with Gasteiger partial charge in [0, 0.05) is 0 Å². The summed E-state index contributed by atoms with van der Waals surface area (Å²) >= 11 is 2.28. The predicted molar refractivity (Wildman–Crippen MR) is 68.4 cm³/mol. The Bertz CT molecular complexity index is 126. The molecule has 0 fully saturated rings. The van der Waals surface area contributed by atoms with Gasteiger partial charge >= 0.3 is 93.7 Å². The molecule has 2 N–H and O–H groups in total. The van der Waals surface area contributed by atoms with E-state index in [9.17, 15) is 0 Å². The molecule has 3 nitrogen and oxygen atoms in total. The molecule has 0 amide bonds. The molecule has 92 valence electrons. The second kappa shape index (κ2) is 17.3. The first-order chi connectivity index (χ1) is 7.65. The molecule has 16 heavy (non-hydrogen) atoms. The third kappa shape index (κ3) is 29.2. The Labute approximate surface area is 109 Å². The van der Waals surface area contributed by atoms with E-state index in [1.165, 1.54) is 62.9 Å². The van der Waals surface area contributed by atoms with Gasteiger partial charge in [0.1, 0.15) is 0 Å². The molecule has 0 rings (SSSR count). The van der Waals surface area contributed by atoms with Crippen molar-refractivity contribution in [3.63, 3.8) is 0 Å². The zero-order valence-electron chi connectivity index (χ0n) is 10.9. The zero-order chi connectivity index (χ0) is 12.6. The number of carbonyl (C=O) groups is 1. The van der Waals surface area contributed by atoms with E-state index in [0.29, 0.717) is 0 Å². The van der Waals surface area contributed by atoms with E-state index >= 15 is 0 Å². The van der Waals surface area contributed by atoms with Crippen molar-refractivity contribution in [1.29, 1.82) is 0 Å². The van der Waals surface area contributed by atoms with Crippen molar-refractivity contribution in [1.82, 2.24) is 0 Å². The quantitative estimate of drug-likeness (QED) is 0.452. The second-order valence-electron chi connectivity index (χ2n) is 4.11. The molecule has 0 bridgehead atoms. The van der Waals surface area contributed by atoms with Crippen molar-refractivity contribution in [3.8, 4) is 0 Å². The summed E-state index contributed by atoms with van der Waals surface area (Å²) in [7, 11) is 0. The van der Waals surface area contributed by atoms with E-state index in [1.807, 2.05) is 0 Å². The van der Waals surface area contributed by atoms with Crippen molar-refractivity contribution in [2.75, 3.05) is 0 Å². The maximum atomic E-state index is 8.56. The van der Waals surface area contributed by atoms with Crippen molar-refractivity contribution >= 4 is 23.9 Å². The van der Waals surface area contributed by atoms with Crippen LogP contribution in [0.5, 0.6) is 0 Å². The van der Waals surface area contributed by atoms with Crippen molar-refractivity contribution in [2.45, 2.75) is 69.8 Å². The number of unbranched alkanes of at least 4 members (excludes halogenated alkanes) is 8. The Morgan fingerprint density at radius 2 is 1.19 bits per heavy atom. The molecule has 0 spiro atoms. The SMILES string of the molecule is O=C(O)O.[Li][CH2]CCCCCCCCCC. The van der Waals surface area contributed by atoms with Gasteiger partial charge in [-0.15, -0.1) is 0 Å². The first-order valence-electron chi connectivity index (χ1n) is 6.57. The third-order valence-electron chi connectivity index (χ3n) is 2.46. The van der Waals surface area contributed by atoms with Crippen molar-refractivity contribution < 1.29 is 15.0 Å². The Hall–Kier alpha value is -0.133. The topological polar surface area (TPSA) is 57.5 Å². The van der Waals surface area contributed by atoms with Crippen LogP contribution in [0.1, 0.15) is 64.7 Å². The van der Waals surface area contributed by atoms with Crippen LogP contribution in [0.4, 0.5) is 4.79 Å². The number of carboxylic acid groups (broad SMARTS) is 2. The van der Waals surface area contributed by atoms with E-state index in [0.717, 1.165) is 0 Å². The van der Waals surface area contributed by atoms with E-state index in [1.54, 1.807) is 0 Å². The summed E-state index contributed by atoms with van der Waals surface area (Å²) in [6.07, 6.45) is 11.2. The number of hydrogen-bond donors (Lipinski definition) is 2. The van der Waals surface area contributed by atoms with E-state index in [4.69, 9.17) is 15.0 Å². The van der Waals surface area contributed by atoms with Crippen LogP contribution in [-0.2, 0) is 0 Å². The fraction of sp³-hybridized carbons (Fsp3) is 0.917. The molecule has 0 aromatic heterocycles. The monoisotopic (exact) mass is 224 g/mol. The van der Waals surface area contributed by atoms with Crippen LogP contribution in [0.15, 0.2) is 0 Å². The predicted octanol–water partition coefficient (Wildman–Crippen LogP) is 4.33. The average molecular weight is 224 g/mol. The summed E-state index contributed by atoms with van der Waals surface area (Å²) < 4.78 is 0. The van der Waals surface area contributed by atoms with Crippen LogP contribution in [-0.4, -0.2) is 34.1 Å². The fourth-order valence-electron chi connectivity index (χ4n) is 1.56. The van der Waals surface area contributed by atoms with E-state index in [2.05, 4.69) is 24.6 Å². The summed E-state index contributed by atoms with van der Waals surface area (Å²) in [6, 6.07) is 0. The number of hydrogen-bond acceptors (Lipinski definition) is 1. The van der Waals surface area contributed by atoms with Gasteiger partial charge in [0.15, 0.2) is 0 Å². The van der Waals surface area contributed by atoms with Crippen LogP contribution in [0.3, 0.4) is 0 Å². The molecular formula is C12H25LiO3. The average Bonchev–Trinajstić information content (AvgIpc) is 2.21. The van der Waals surface area contributed by atoms with Crippen LogP contribution in [0.25, 0.3) is 0 Å². The van der Waals surface area contributed by atoms with Gasteiger partial charge in [-0.25, -0.2) is 4.79 Å².